The Hall–Kier alpha value is -2.06. The zero-order chi connectivity index (χ0) is 14.2. The van der Waals surface area contributed by atoms with Crippen molar-refractivity contribution in [1.29, 1.82) is 0 Å². The summed E-state index contributed by atoms with van der Waals surface area (Å²) in [6, 6.07) is 4.30. The van der Waals surface area contributed by atoms with Crippen LogP contribution in [0.15, 0.2) is 29.3 Å². The smallest absolute Gasteiger partial charge is 0.238 e. The molecule has 1 aromatic heterocycles. The first-order chi connectivity index (χ1) is 8.77. The maximum Gasteiger partial charge on any atom is 0.238 e. The zero-order valence-electron chi connectivity index (χ0n) is 10.6. The van der Waals surface area contributed by atoms with E-state index in [0.717, 1.165) is 11.4 Å². The average Bonchev–Trinajstić information content (AvgIpc) is 2.59. The standard InChI is InChI=1S/C11H15N5O2S/c1-7-11(6-16(2)15-7)14-10-4-3-8(5-9(10)12)19(13,17)18/h3-6,14H,12H2,1-2H3,(H2,13,17,18). The van der Waals surface area contributed by atoms with Crippen LogP contribution in [0.5, 0.6) is 0 Å². The fourth-order valence-electron chi connectivity index (χ4n) is 1.70. The molecule has 2 rings (SSSR count). The molecule has 0 aliphatic rings. The predicted molar refractivity (Wildman–Crippen MR) is 73.5 cm³/mol. The van der Waals surface area contributed by atoms with E-state index in [4.69, 9.17) is 10.9 Å². The molecular formula is C11H15N5O2S. The lowest BCUT2D eigenvalue weighted by molar-refractivity contribution is 0.598. The number of benzene rings is 1. The minimum absolute atomic E-state index is 0.0153. The fourth-order valence-corrected chi connectivity index (χ4v) is 2.25. The van der Waals surface area contributed by atoms with Crippen molar-refractivity contribution in [2.45, 2.75) is 11.8 Å². The third-order valence-corrected chi connectivity index (χ3v) is 3.55. The number of anilines is 3. The number of rotatable bonds is 3. The minimum Gasteiger partial charge on any atom is -0.397 e. The first-order valence-electron chi connectivity index (χ1n) is 5.47. The Morgan fingerprint density at radius 3 is 2.47 bits per heavy atom. The van der Waals surface area contributed by atoms with Crippen LogP contribution in [0.2, 0.25) is 0 Å². The summed E-state index contributed by atoms with van der Waals surface area (Å²) < 4.78 is 24.1. The molecule has 0 aliphatic heterocycles. The second-order valence-electron chi connectivity index (χ2n) is 4.22. The molecule has 0 aliphatic carbocycles. The summed E-state index contributed by atoms with van der Waals surface area (Å²) in [7, 11) is -1.93. The van der Waals surface area contributed by atoms with Crippen LogP contribution >= 0.6 is 0 Å². The molecule has 0 amide bonds. The molecule has 0 bridgehead atoms. The summed E-state index contributed by atoms with van der Waals surface area (Å²) >= 11 is 0. The normalized spacial score (nSPS) is 11.5. The van der Waals surface area contributed by atoms with Crippen LogP contribution in [0.25, 0.3) is 0 Å². The summed E-state index contributed by atoms with van der Waals surface area (Å²) in [5, 5.41) is 12.3. The van der Waals surface area contributed by atoms with E-state index in [2.05, 4.69) is 10.4 Å². The molecule has 1 aromatic carbocycles. The van der Waals surface area contributed by atoms with E-state index in [1.165, 1.54) is 12.1 Å². The van der Waals surface area contributed by atoms with Crippen molar-refractivity contribution in [2.24, 2.45) is 12.2 Å². The largest absolute Gasteiger partial charge is 0.397 e. The van der Waals surface area contributed by atoms with Gasteiger partial charge < -0.3 is 11.1 Å². The fraction of sp³-hybridized carbons (Fsp3) is 0.182. The van der Waals surface area contributed by atoms with Crippen molar-refractivity contribution < 1.29 is 8.42 Å². The Morgan fingerprint density at radius 1 is 1.32 bits per heavy atom. The Bertz CT molecular complexity index is 721. The topological polar surface area (TPSA) is 116 Å². The lowest BCUT2D eigenvalue weighted by Crippen LogP contribution is -2.12. The quantitative estimate of drug-likeness (QED) is 0.716. The van der Waals surface area contributed by atoms with Gasteiger partial charge in [0, 0.05) is 13.2 Å². The van der Waals surface area contributed by atoms with E-state index in [0.29, 0.717) is 11.4 Å². The van der Waals surface area contributed by atoms with Gasteiger partial charge >= 0.3 is 0 Å². The van der Waals surface area contributed by atoms with E-state index >= 15 is 0 Å². The third kappa shape index (κ3) is 2.85. The lowest BCUT2D eigenvalue weighted by atomic mass is 10.2. The first kappa shape index (κ1) is 13.4. The monoisotopic (exact) mass is 281 g/mol. The number of nitrogen functional groups attached to an aromatic ring is 1. The summed E-state index contributed by atoms with van der Waals surface area (Å²) in [5.41, 5.74) is 8.33. The van der Waals surface area contributed by atoms with Gasteiger partial charge in [-0.1, -0.05) is 0 Å². The number of nitrogens with two attached hydrogens (primary N) is 2. The third-order valence-electron chi connectivity index (χ3n) is 2.63. The Kier molecular flexibility index (Phi) is 3.21. The van der Waals surface area contributed by atoms with Gasteiger partial charge in [0.2, 0.25) is 10.0 Å². The first-order valence-corrected chi connectivity index (χ1v) is 7.01. The van der Waals surface area contributed by atoms with Gasteiger partial charge in [-0.05, 0) is 25.1 Å². The van der Waals surface area contributed by atoms with Gasteiger partial charge in [-0.15, -0.1) is 0 Å². The van der Waals surface area contributed by atoms with Crippen LogP contribution in [0, 0.1) is 6.92 Å². The van der Waals surface area contributed by atoms with E-state index < -0.39 is 10.0 Å². The van der Waals surface area contributed by atoms with E-state index in [9.17, 15) is 8.42 Å². The van der Waals surface area contributed by atoms with E-state index in [1.807, 2.05) is 20.2 Å². The second-order valence-corrected chi connectivity index (χ2v) is 5.78. The van der Waals surface area contributed by atoms with Crippen LogP contribution in [0.3, 0.4) is 0 Å². The zero-order valence-corrected chi connectivity index (χ0v) is 11.4. The van der Waals surface area contributed by atoms with Crippen LogP contribution in [-0.4, -0.2) is 18.2 Å². The number of primary sulfonamides is 1. The van der Waals surface area contributed by atoms with Gasteiger partial charge in [0.05, 0.1) is 27.7 Å². The van der Waals surface area contributed by atoms with Crippen molar-refractivity contribution in [3.63, 3.8) is 0 Å². The number of sulfonamides is 1. The highest BCUT2D eigenvalue weighted by Crippen LogP contribution is 2.26. The molecule has 5 N–H and O–H groups in total. The van der Waals surface area contributed by atoms with Crippen molar-refractivity contribution in [1.82, 2.24) is 9.78 Å². The lowest BCUT2D eigenvalue weighted by Gasteiger charge is -2.09. The van der Waals surface area contributed by atoms with Gasteiger partial charge in [-0.3, -0.25) is 4.68 Å². The molecule has 0 saturated carbocycles. The molecule has 0 spiro atoms. The molecule has 8 heteroatoms. The van der Waals surface area contributed by atoms with E-state index in [-0.39, 0.29) is 4.90 Å². The summed E-state index contributed by atoms with van der Waals surface area (Å²) in [6.45, 7) is 1.86. The molecule has 0 unspecified atom stereocenters. The Morgan fingerprint density at radius 2 is 2.00 bits per heavy atom. The summed E-state index contributed by atoms with van der Waals surface area (Å²) in [6.07, 6.45) is 1.81. The molecule has 7 nitrogen and oxygen atoms in total. The van der Waals surface area contributed by atoms with Gasteiger partial charge in [0.1, 0.15) is 0 Å². The molecule has 0 fully saturated rings. The van der Waals surface area contributed by atoms with Crippen molar-refractivity contribution in [3.8, 4) is 0 Å². The summed E-state index contributed by atoms with van der Waals surface area (Å²) in [4.78, 5) is -0.0153. The van der Waals surface area contributed by atoms with Crippen LogP contribution in [-0.2, 0) is 17.1 Å². The number of aryl methyl sites for hydroxylation is 2. The molecule has 0 radical (unpaired) electrons. The highest BCUT2D eigenvalue weighted by molar-refractivity contribution is 7.89. The molecular weight excluding hydrogens is 266 g/mol. The van der Waals surface area contributed by atoms with Crippen LogP contribution < -0.4 is 16.2 Å². The SMILES string of the molecule is Cc1nn(C)cc1Nc1ccc(S(N)(=O)=O)cc1N. The highest BCUT2D eigenvalue weighted by Gasteiger charge is 2.11. The molecule has 102 valence electrons. The Balaban J connectivity index is 2.35. The number of hydrogen-bond acceptors (Lipinski definition) is 5. The maximum atomic E-state index is 11.2. The second kappa shape index (κ2) is 4.56. The molecule has 2 aromatic rings. The van der Waals surface area contributed by atoms with Crippen LogP contribution in [0.4, 0.5) is 17.1 Å². The number of hydrogen-bond donors (Lipinski definition) is 3. The van der Waals surface area contributed by atoms with Crippen molar-refractivity contribution in [2.75, 3.05) is 11.1 Å². The van der Waals surface area contributed by atoms with E-state index in [1.54, 1.807) is 10.7 Å². The minimum atomic E-state index is -3.74. The molecule has 1 heterocycles. The van der Waals surface area contributed by atoms with Gasteiger partial charge in [-0.25, -0.2) is 13.6 Å². The number of nitrogens with zero attached hydrogens (tertiary/aromatic N) is 2. The van der Waals surface area contributed by atoms with Crippen molar-refractivity contribution in [3.05, 3.63) is 30.1 Å². The molecule has 0 saturated heterocycles. The van der Waals surface area contributed by atoms with Gasteiger partial charge in [0.25, 0.3) is 0 Å². The maximum absolute atomic E-state index is 11.2. The molecule has 19 heavy (non-hydrogen) atoms. The highest BCUT2D eigenvalue weighted by atomic mass is 32.2. The molecule has 0 atom stereocenters. The number of aromatic nitrogens is 2. The summed E-state index contributed by atoms with van der Waals surface area (Å²) in [5.74, 6) is 0. The van der Waals surface area contributed by atoms with Gasteiger partial charge in [-0.2, -0.15) is 5.10 Å². The predicted octanol–water partition coefficient (Wildman–Crippen LogP) is 0.702. The average molecular weight is 281 g/mol. The van der Waals surface area contributed by atoms with Gasteiger partial charge in [0.15, 0.2) is 0 Å². The van der Waals surface area contributed by atoms with Crippen LogP contribution in [0.1, 0.15) is 5.69 Å². The Labute approximate surface area is 111 Å². The van der Waals surface area contributed by atoms with Crippen molar-refractivity contribution >= 4 is 27.1 Å². The number of nitrogens with one attached hydrogen (secondary N) is 1.